The molecule has 3 rings (SSSR count). The maximum Gasteiger partial charge on any atom is 0.415 e. The van der Waals surface area contributed by atoms with Gasteiger partial charge in [0.05, 0.1) is 28.6 Å². The van der Waals surface area contributed by atoms with E-state index in [2.05, 4.69) is 10.6 Å². The van der Waals surface area contributed by atoms with Gasteiger partial charge in [-0.2, -0.15) is 0 Å². The Labute approximate surface area is 212 Å². The Kier molecular flexibility index (Phi) is 8.57. The second-order valence-corrected chi connectivity index (χ2v) is 10.4. The molecule has 1 aliphatic heterocycles. The standard InChI is InChI=1S/C23H28ClN5O5S/c1-23(2,3)34-21(31)28(14-25)11-10-26-15-4-6-16(7-5-15)29-13-17(33-22(29)32)12-27-20(30)18-8-9-19(24)35-18/h4-9,14,17,25-26H,10-13H2,1-3H3,(H,27,30)/t17-/m0/s1. The fraction of sp³-hybridized carbons (Fsp3) is 0.391. The molecule has 3 N–H and O–H groups in total. The first-order valence-corrected chi connectivity index (χ1v) is 12.1. The third-order valence-electron chi connectivity index (χ3n) is 4.81. The molecule has 1 atom stereocenters. The van der Waals surface area contributed by atoms with Gasteiger partial charge in [0.2, 0.25) is 0 Å². The zero-order valence-corrected chi connectivity index (χ0v) is 21.2. The Morgan fingerprint density at radius 3 is 2.60 bits per heavy atom. The monoisotopic (exact) mass is 521 g/mol. The zero-order valence-electron chi connectivity index (χ0n) is 19.7. The van der Waals surface area contributed by atoms with Gasteiger partial charge in [-0.3, -0.25) is 20.0 Å². The SMILES string of the molecule is CC(C)(C)OC(=O)N(C=N)CCNc1ccc(N2C[C@H](CNC(=O)c3ccc(Cl)s3)OC2=O)cc1. The summed E-state index contributed by atoms with van der Waals surface area (Å²) < 4.78 is 11.2. The van der Waals surface area contributed by atoms with Crippen molar-refractivity contribution >= 4 is 58.7 Å². The highest BCUT2D eigenvalue weighted by Gasteiger charge is 2.32. The van der Waals surface area contributed by atoms with Crippen molar-refractivity contribution in [3.05, 3.63) is 45.6 Å². The normalized spacial score (nSPS) is 15.4. The molecule has 3 amide bonds. The predicted octanol–water partition coefficient (Wildman–Crippen LogP) is 4.41. The number of halogens is 1. The summed E-state index contributed by atoms with van der Waals surface area (Å²) in [4.78, 5) is 39.8. The van der Waals surface area contributed by atoms with E-state index in [1.807, 2.05) is 0 Å². The number of hydrogen-bond acceptors (Lipinski definition) is 8. The molecule has 188 valence electrons. The van der Waals surface area contributed by atoms with Crippen molar-refractivity contribution in [2.45, 2.75) is 32.5 Å². The van der Waals surface area contributed by atoms with Crippen molar-refractivity contribution in [3.63, 3.8) is 0 Å². The molecule has 0 bridgehead atoms. The molecule has 1 fully saturated rings. The van der Waals surface area contributed by atoms with Crippen LogP contribution in [0.3, 0.4) is 0 Å². The van der Waals surface area contributed by atoms with Gasteiger partial charge < -0.3 is 20.1 Å². The van der Waals surface area contributed by atoms with Crippen molar-refractivity contribution in [1.29, 1.82) is 5.41 Å². The summed E-state index contributed by atoms with van der Waals surface area (Å²) in [7, 11) is 0. The van der Waals surface area contributed by atoms with Gasteiger partial charge in [-0.05, 0) is 57.2 Å². The number of ether oxygens (including phenoxy) is 2. The number of benzene rings is 1. The quantitative estimate of drug-likeness (QED) is 0.331. The second-order valence-electron chi connectivity index (χ2n) is 8.71. The highest BCUT2D eigenvalue weighted by atomic mass is 35.5. The summed E-state index contributed by atoms with van der Waals surface area (Å²) in [5.74, 6) is -0.264. The van der Waals surface area contributed by atoms with E-state index in [1.54, 1.807) is 57.2 Å². The summed E-state index contributed by atoms with van der Waals surface area (Å²) in [6, 6.07) is 10.5. The molecular weight excluding hydrogens is 494 g/mol. The van der Waals surface area contributed by atoms with Crippen molar-refractivity contribution in [3.8, 4) is 0 Å². The number of carbonyl (C=O) groups excluding carboxylic acids is 3. The van der Waals surface area contributed by atoms with Crippen molar-refractivity contribution in [2.75, 3.05) is 36.4 Å². The smallest absolute Gasteiger partial charge is 0.415 e. The number of anilines is 2. The van der Waals surface area contributed by atoms with Crippen molar-refractivity contribution in [1.82, 2.24) is 10.2 Å². The minimum Gasteiger partial charge on any atom is -0.443 e. The van der Waals surface area contributed by atoms with Gasteiger partial charge >= 0.3 is 12.2 Å². The highest BCUT2D eigenvalue weighted by molar-refractivity contribution is 7.18. The van der Waals surface area contributed by atoms with Crippen LogP contribution in [0.2, 0.25) is 4.34 Å². The number of nitrogens with one attached hydrogen (secondary N) is 3. The van der Waals surface area contributed by atoms with Gasteiger partial charge in [0, 0.05) is 24.5 Å². The van der Waals surface area contributed by atoms with Crippen LogP contribution in [0.4, 0.5) is 21.0 Å². The molecule has 2 heterocycles. The minimum absolute atomic E-state index is 0.192. The van der Waals surface area contributed by atoms with Gasteiger partial charge in [0.15, 0.2) is 0 Å². The molecule has 1 aromatic heterocycles. The van der Waals surface area contributed by atoms with E-state index < -0.39 is 23.9 Å². The van der Waals surface area contributed by atoms with Crippen LogP contribution in [-0.2, 0) is 9.47 Å². The van der Waals surface area contributed by atoms with Crippen LogP contribution < -0.4 is 15.5 Å². The Balaban J connectivity index is 1.46. The molecule has 12 heteroatoms. The average molecular weight is 522 g/mol. The fourth-order valence-corrected chi connectivity index (χ4v) is 4.14. The summed E-state index contributed by atoms with van der Waals surface area (Å²) in [5.41, 5.74) is 0.810. The van der Waals surface area contributed by atoms with Gasteiger partial charge in [-0.1, -0.05) is 11.6 Å². The lowest BCUT2D eigenvalue weighted by Gasteiger charge is -2.24. The molecule has 0 spiro atoms. The first-order valence-electron chi connectivity index (χ1n) is 10.9. The molecule has 0 aliphatic carbocycles. The lowest BCUT2D eigenvalue weighted by Crippen LogP contribution is -2.38. The number of carbonyl (C=O) groups is 3. The van der Waals surface area contributed by atoms with Crippen LogP contribution in [-0.4, -0.2) is 67.2 Å². The maximum atomic E-state index is 12.3. The lowest BCUT2D eigenvalue weighted by molar-refractivity contribution is 0.0381. The minimum atomic E-state index is -0.638. The largest absolute Gasteiger partial charge is 0.443 e. The molecule has 0 unspecified atom stereocenters. The van der Waals surface area contributed by atoms with Crippen LogP contribution in [0.15, 0.2) is 36.4 Å². The van der Waals surface area contributed by atoms with E-state index in [9.17, 15) is 14.4 Å². The summed E-state index contributed by atoms with van der Waals surface area (Å²) in [6.07, 6.45) is -0.600. The molecule has 1 aromatic carbocycles. The number of cyclic esters (lactones) is 1. The lowest BCUT2D eigenvalue weighted by atomic mass is 10.2. The number of amides is 3. The van der Waals surface area contributed by atoms with Crippen LogP contribution in [0.5, 0.6) is 0 Å². The molecule has 10 nitrogen and oxygen atoms in total. The Morgan fingerprint density at radius 2 is 2.00 bits per heavy atom. The zero-order chi connectivity index (χ0) is 25.6. The van der Waals surface area contributed by atoms with E-state index >= 15 is 0 Å². The number of nitrogens with zero attached hydrogens (tertiary/aromatic N) is 2. The summed E-state index contributed by atoms with van der Waals surface area (Å²) in [5, 5.41) is 13.4. The third kappa shape index (κ3) is 7.59. The number of hydrogen-bond donors (Lipinski definition) is 3. The molecule has 1 aliphatic rings. The summed E-state index contributed by atoms with van der Waals surface area (Å²) in [6.45, 7) is 6.45. The van der Waals surface area contributed by atoms with Gasteiger partial charge in [-0.25, -0.2) is 9.59 Å². The average Bonchev–Trinajstić information content (AvgIpc) is 3.39. The molecule has 0 saturated carbocycles. The van der Waals surface area contributed by atoms with Gasteiger partial charge in [0.25, 0.3) is 5.91 Å². The topological polar surface area (TPSA) is 124 Å². The Hall–Kier alpha value is -3.31. The summed E-state index contributed by atoms with van der Waals surface area (Å²) >= 11 is 7.04. The van der Waals surface area contributed by atoms with Crippen LogP contribution in [0.1, 0.15) is 30.4 Å². The van der Waals surface area contributed by atoms with Crippen LogP contribution >= 0.6 is 22.9 Å². The van der Waals surface area contributed by atoms with E-state index in [0.717, 1.165) is 12.0 Å². The Bertz CT molecular complexity index is 1070. The van der Waals surface area contributed by atoms with Gasteiger partial charge in [-0.15, -0.1) is 11.3 Å². The van der Waals surface area contributed by atoms with E-state index in [0.29, 0.717) is 28.0 Å². The van der Waals surface area contributed by atoms with Crippen LogP contribution in [0.25, 0.3) is 0 Å². The van der Waals surface area contributed by atoms with E-state index in [-0.39, 0.29) is 19.0 Å². The molecular formula is C23H28ClN5O5S. The van der Waals surface area contributed by atoms with Gasteiger partial charge in [0.1, 0.15) is 11.7 Å². The molecule has 0 radical (unpaired) electrons. The molecule has 35 heavy (non-hydrogen) atoms. The third-order valence-corrected chi connectivity index (χ3v) is 6.04. The van der Waals surface area contributed by atoms with Crippen molar-refractivity contribution in [2.24, 2.45) is 0 Å². The maximum absolute atomic E-state index is 12.3. The Morgan fingerprint density at radius 1 is 1.29 bits per heavy atom. The first-order chi connectivity index (χ1) is 16.6. The number of thiophene rings is 1. The van der Waals surface area contributed by atoms with Crippen LogP contribution in [0, 0.1) is 5.41 Å². The van der Waals surface area contributed by atoms with Crippen molar-refractivity contribution < 1.29 is 23.9 Å². The number of rotatable bonds is 9. The fourth-order valence-electron chi connectivity index (χ4n) is 3.18. The molecule has 2 aromatic rings. The second kappa shape index (κ2) is 11.4. The highest BCUT2D eigenvalue weighted by Crippen LogP contribution is 2.24. The van der Waals surface area contributed by atoms with E-state index in [4.69, 9.17) is 26.5 Å². The first kappa shape index (κ1) is 26.3. The van der Waals surface area contributed by atoms with E-state index in [1.165, 1.54) is 21.1 Å². The predicted molar refractivity (Wildman–Crippen MR) is 136 cm³/mol. The molecule has 1 saturated heterocycles.